The summed E-state index contributed by atoms with van der Waals surface area (Å²) in [5.41, 5.74) is 17.8. The van der Waals surface area contributed by atoms with Crippen LogP contribution in [0.1, 0.15) is 0 Å². The number of benzene rings is 12. The molecule has 3 nitrogen and oxygen atoms in total. The van der Waals surface area contributed by atoms with Crippen molar-refractivity contribution in [3.05, 3.63) is 267 Å². The normalized spacial score (nSPS) is 11.7. The molecule has 0 fully saturated rings. The van der Waals surface area contributed by atoms with E-state index in [-0.39, 0.29) is 0 Å². The molecule has 12 aromatic carbocycles. The lowest BCUT2D eigenvalue weighted by atomic mass is 9.96. The SMILES string of the molecule is c1cc(-c2ccc(-c3ccc(N(c4ccc(-c5ccc6c(ccc7ccccc76)c5)cc4)c4ccccc4-c4cccc5oc6ccccc6c45)cc3)cc2)cc(-n2c3ccccc3c3ccccc32)c1. The van der Waals surface area contributed by atoms with E-state index in [2.05, 4.69) is 270 Å². The molecule has 14 rings (SSSR count). The zero-order valence-electron chi connectivity index (χ0n) is 38.7. The van der Waals surface area contributed by atoms with Gasteiger partial charge in [-0.2, -0.15) is 0 Å². The molecule has 0 aliphatic carbocycles. The summed E-state index contributed by atoms with van der Waals surface area (Å²) in [6, 6.07) is 96.7. The van der Waals surface area contributed by atoms with Crippen LogP contribution in [0.15, 0.2) is 271 Å². The molecule has 0 aliphatic rings. The molecule has 0 spiro atoms. The molecule has 2 heterocycles. The number of fused-ring (bicyclic) bond motifs is 9. The van der Waals surface area contributed by atoms with Crippen molar-refractivity contribution in [1.82, 2.24) is 4.57 Å². The second-order valence-electron chi connectivity index (χ2n) is 18.4. The van der Waals surface area contributed by atoms with Crippen LogP contribution in [-0.4, -0.2) is 4.57 Å². The van der Waals surface area contributed by atoms with Crippen LogP contribution in [0.4, 0.5) is 17.1 Å². The van der Waals surface area contributed by atoms with Crippen molar-refractivity contribution in [2.75, 3.05) is 4.90 Å². The molecule has 0 N–H and O–H groups in total. The molecule has 332 valence electrons. The van der Waals surface area contributed by atoms with E-state index in [1.165, 1.54) is 65.6 Å². The molecule has 0 bridgehead atoms. The van der Waals surface area contributed by atoms with Crippen molar-refractivity contribution in [1.29, 1.82) is 0 Å². The van der Waals surface area contributed by atoms with Crippen LogP contribution in [0.2, 0.25) is 0 Å². The van der Waals surface area contributed by atoms with Gasteiger partial charge in [-0.25, -0.2) is 0 Å². The molecule has 71 heavy (non-hydrogen) atoms. The summed E-state index contributed by atoms with van der Waals surface area (Å²) in [5.74, 6) is 0. The predicted molar refractivity (Wildman–Crippen MR) is 299 cm³/mol. The largest absolute Gasteiger partial charge is 0.456 e. The van der Waals surface area contributed by atoms with Crippen molar-refractivity contribution < 1.29 is 4.42 Å². The third kappa shape index (κ3) is 6.89. The predicted octanol–water partition coefficient (Wildman–Crippen LogP) is 19.1. The summed E-state index contributed by atoms with van der Waals surface area (Å²) < 4.78 is 8.79. The molecule has 0 saturated carbocycles. The molecule has 2 aromatic heterocycles. The molecular weight excluding hydrogens is 861 g/mol. The Morgan fingerprint density at radius 1 is 0.296 bits per heavy atom. The molecule has 0 unspecified atom stereocenters. The summed E-state index contributed by atoms with van der Waals surface area (Å²) >= 11 is 0. The van der Waals surface area contributed by atoms with Gasteiger partial charge < -0.3 is 13.9 Å². The Hall–Kier alpha value is -9.44. The number of furan rings is 1. The average Bonchev–Trinajstić information content (AvgIpc) is 4.00. The molecule has 0 aliphatic heterocycles. The minimum atomic E-state index is 0.879. The van der Waals surface area contributed by atoms with Crippen LogP contribution in [-0.2, 0) is 0 Å². The Morgan fingerprint density at radius 2 is 0.789 bits per heavy atom. The third-order valence-electron chi connectivity index (χ3n) is 14.4. The van der Waals surface area contributed by atoms with Gasteiger partial charge in [0.05, 0.1) is 16.7 Å². The van der Waals surface area contributed by atoms with Gasteiger partial charge in [-0.15, -0.1) is 0 Å². The second kappa shape index (κ2) is 16.7. The van der Waals surface area contributed by atoms with Gasteiger partial charge in [-0.1, -0.05) is 194 Å². The van der Waals surface area contributed by atoms with E-state index in [1.54, 1.807) is 0 Å². The Kier molecular flexibility index (Phi) is 9.53. The number of hydrogen-bond acceptors (Lipinski definition) is 2. The van der Waals surface area contributed by atoms with Gasteiger partial charge in [0.15, 0.2) is 0 Å². The van der Waals surface area contributed by atoms with Crippen molar-refractivity contribution in [3.63, 3.8) is 0 Å². The van der Waals surface area contributed by atoms with Crippen LogP contribution >= 0.6 is 0 Å². The summed E-state index contributed by atoms with van der Waals surface area (Å²) in [6.45, 7) is 0. The standard InChI is InChI=1S/C68H44N2O/c1-2-16-56-49(13-1)31-32-52-43-51(37-42-57(52)56)48-35-40-54(41-36-48)69(63-22-7-5-19-60(63)61-21-12-26-67-68(61)62-20-6-10-25-66(62)71-67)53-38-33-46(34-39-53)45-27-29-47(30-28-45)50-14-11-15-55(44-50)70-64-23-8-3-17-58(64)59-18-4-9-24-65(59)70/h1-44H. The highest BCUT2D eigenvalue weighted by atomic mass is 16.3. The fraction of sp³-hybridized carbons (Fsp3) is 0. The minimum absolute atomic E-state index is 0.879. The first-order chi connectivity index (χ1) is 35.2. The first-order valence-corrected chi connectivity index (χ1v) is 24.3. The maximum absolute atomic E-state index is 6.41. The van der Waals surface area contributed by atoms with Crippen molar-refractivity contribution >= 4 is 82.4 Å². The van der Waals surface area contributed by atoms with Gasteiger partial charge in [0.2, 0.25) is 0 Å². The smallest absolute Gasteiger partial charge is 0.136 e. The van der Waals surface area contributed by atoms with E-state index < -0.39 is 0 Å². The maximum Gasteiger partial charge on any atom is 0.136 e. The number of rotatable bonds is 8. The number of para-hydroxylation sites is 4. The van der Waals surface area contributed by atoms with Gasteiger partial charge in [0.25, 0.3) is 0 Å². The Balaban J connectivity index is 0.831. The first kappa shape index (κ1) is 40.6. The molecular formula is C68H44N2O. The van der Waals surface area contributed by atoms with Crippen LogP contribution < -0.4 is 4.90 Å². The molecule has 0 radical (unpaired) electrons. The summed E-state index contributed by atoms with van der Waals surface area (Å²) in [6.07, 6.45) is 0. The van der Waals surface area contributed by atoms with Gasteiger partial charge in [-0.3, -0.25) is 0 Å². The van der Waals surface area contributed by atoms with Crippen LogP contribution in [0.25, 0.3) is 115 Å². The number of aromatic nitrogens is 1. The van der Waals surface area contributed by atoms with Gasteiger partial charge in [0.1, 0.15) is 11.2 Å². The van der Waals surface area contributed by atoms with E-state index in [4.69, 9.17) is 4.42 Å². The monoisotopic (exact) mass is 904 g/mol. The molecule has 0 atom stereocenters. The topological polar surface area (TPSA) is 21.3 Å². The fourth-order valence-electron chi connectivity index (χ4n) is 11.0. The summed E-state index contributed by atoms with van der Waals surface area (Å²) in [7, 11) is 0. The zero-order valence-corrected chi connectivity index (χ0v) is 38.7. The minimum Gasteiger partial charge on any atom is -0.456 e. The lowest BCUT2D eigenvalue weighted by Crippen LogP contribution is -2.11. The summed E-state index contributed by atoms with van der Waals surface area (Å²) in [4.78, 5) is 2.39. The van der Waals surface area contributed by atoms with E-state index in [0.717, 1.165) is 66.9 Å². The lowest BCUT2D eigenvalue weighted by Gasteiger charge is -2.28. The van der Waals surface area contributed by atoms with E-state index >= 15 is 0 Å². The van der Waals surface area contributed by atoms with Gasteiger partial charge >= 0.3 is 0 Å². The first-order valence-electron chi connectivity index (χ1n) is 24.3. The Bertz CT molecular complexity index is 4280. The lowest BCUT2D eigenvalue weighted by molar-refractivity contribution is 0.669. The van der Waals surface area contributed by atoms with E-state index in [1.807, 2.05) is 6.07 Å². The van der Waals surface area contributed by atoms with Crippen molar-refractivity contribution in [2.24, 2.45) is 0 Å². The van der Waals surface area contributed by atoms with Crippen LogP contribution in [0.3, 0.4) is 0 Å². The van der Waals surface area contributed by atoms with Crippen LogP contribution in [0, 0.1) is 0 Å². The highest BCUT2D eigenvalue weighted by Crippen LogP contribution is 2.46. The van der Waals surface area contributed by atoms with Crippen molar-refractivity contribution in [3.8, 4) is 50.2 Å². The van der Waals surface area contributed by atoms with Gasteiger partial charge in [0, 0.05) is 44.2 Å². The zero-order chi connectivity index (χ0) is 46.8. The highest BCUT2D eigenvalue weighted by molar-refractivity contribution is 6.14. The highest BCUT2D eigenvalue weighted by Gasteiger charge is 2.21. The average molecular weight is 905 g/mol. The molecule has 3 heteroatoms. The maximum atomic E-state index is 6.41. The van der Waals surface area contributed by atoms with Gasteiger partial charge in [-0.05, 0) is 133 Å². The number of hydrogen-bond donors (Lipinski definition) is 0. The number of nitrogens with zero attached hydrogens (tertiary/aromatic N) is 2. The van der Waals surface area contributed by atoms with Crippen LogP contribution in [0.5, 0.6) is 0 Å². The third-order valence-corrected chi connectivity index (χ3v) is 14.4. The quantitative estimate of drug-likeness (QED) is 0.142. The van der Waals surface area contributed by atoms with E-state index in [9.17, 15) is 0 Å². The number of anilines is 3. The van der Waals surface area contributed by atoms with E-state index in [0.29, 0.717) is 0 Å². The molecule has 0 amide bonds. The fourth-order valence-corrected chi connectivity index (χ4v) is 11.0. The second-order valence-corrected chi connectivity index (χ2v) is 18.4. The van der Waals surface area contributed by atoms with Crippen molar-refractivity contribution in [2.45, 2.75) is 0 Å². The summed E-state index contributed by atoms with van der Waals surface area (Å²) in [5, 5.41) is 9.80. The Morgan fingerprint density at radius 3 is 1.51 bits per heavy atom. The Labute approximate surface area is 411 Å². The molecule has 14 aromatic rings. The molecule has 0 saturated heterocycles.